The largest absolute Gasteiger partial charge is 0.279 e. The van der Waals surface area contributed by atoms with Crippen molar-refractivity contribution in [3.05, 3.63) is 47.5 Å². The third kappa shape index (κ3) is 2.77. The van der Waals surface area contributed by atoms with Crippen molar-refractivity contribution in [1.82, 2.24) is 9.97 Å². The van der Waals surface area contributed by atoms with Crippen LogP contribution in [-0.2, 0) is 10.0 Å². The van der Waals surface area contributed by atoms with E-state index in [1.807, 2.05) is 0 Å². The summed E-state index contributed by atoms with van der Waals surface area (Å²) in [7, 11) is -3.66. The smallest absolute Gasteiger partial charge is 0.262 e. The molecule has 0 bridgehead atoms. The van der Waals surface area contributed by atoms with Gasteiger partial charge in [-0.05, 0) is 30.7 Å². The van der Waals surface area contributed by atoms with Gasteiger partial charge in [-0.1, -0.05) is 11.6 Å². The molecule has 0 amide bonds. The molecule has 0 fully saturated rings. The van der Waals surface area contributed by atoms with E-state index in [2.05, 4.69) is 14.7 Å². The first-order chi connectivity index (χ1) is 8.49. The number of halogens is 1. The van der Waals surface area contributed by atoms with Crippen LogP contribution in [0.3, 0.4) is 0 Å². The van der Waals surface area contributed by atoms with E-state index >= 15 is 0 Å². The summed E-state index contributed by atoms with van der Waals surface area (Å²) in [5.74, 6) is 0. The maximum atomic E-state index is 12.1. The van der Waals surface area contributed by atoms with Crippen molar-refractivity contribution in [3.63, 3.8) is 0 Å². The molecular formula is C11H10ClN3O2S. The van der Waals surface area contributed by atoms with Crippen molar-refractivity contribution >= 4 is 27.3 Å². The van der Waals surface area contributed by atoms with Crippen LogP contribution in [0.25, 0.3) is 0 Å². The molecule has 0 saturated heterocycles. The second-order valence-corrected chi connectivity index (χ2v) is 5.68. The molecule has 0 saturated carbocycles. The molecule has 1 N–H and O–H groups in total. The van der Waals surface area contributed by atoms with Gasteiger partial charge < -0.3 is 0 Å². The summed E-state index contributed by atoms with van der Waals surface area (Å²) in [6.07, 6.45) is 4.44. The summed E-state index contributed by atoms with van der Waals surface area (Å²) in [5, 5.41) is 0.129. The standard InChI is InChI=1S/C11H10ClN3O2S/c1-8-7-13-4-3-10(8)15-18(16,17)9-2-5-14-11(12)6-9/h2-7H,1H3,(H,13,15). The Kier molecular flexibility index (Phi) is 3.49. The highest BCUT2D eigenvalue weighted by Crippen LogP contribution is 2.19. The molecule has 0 aliphatic heterocycles. The Morgan fingerprint density at radius 3 is 2.72 bits per heavy atom. The second-order valence-electron chi connectivity index (χ2n) is 3.61. The van der Waals surface area contributed by atoms with E-state index in [0.717, 1.165) is 5.56 Å². The number of pyridine rings is 2. The van der Waals surface area contributed by atoms with E-state index in [-0.39, 0.29) is 10.0 Å². The minimum atomic E-state index is -3.66. The maximum absolute atomic E-state index is 12.1. The van der Waals surface area contributed by atoms with Crippen molar-refractivity contribution in [2.24, 2.45) is 0 Å². The van der Waals surface area contributed by atoms with Gasteiger partial charge >= 0.3 is 0 Å². The van der Waals surface area contributed by atoms with Crippen LogP contribution in [0, 0.1) is 6.92 Å². The highest BCUT2D eigenvalue weighted by atomic mass is 35.5. The highest BCUT2D eigenvalue weighted by molar-refractivity contribution is 7.92. The summed E-state index contributed by atoms with van der Waals surface area (Å²) < 4.78 is 26.7. The fourth-order valence-electron chi connectivity index (χ4n) is 1.34. The van der Waals surface area contributed by atoms with Crippen LogP contribution >= 0.6 is 11.6 Å². The molecule has 2 rings (SSSR count). The zero-order valence-corrected chi connectivity index (χ0v) is 11.0. The Bertz CT molecular complexity index is 673. The number of aromatic nitrogens is 2. The fraction of sp³-hybridized carbons (Fsp3) is 0.0909. The van der Waals surface area contributed by atoms with Crippen LogP contribution in [0.4, 0.5) is 5.69 Å². The van der Waals surface area contributed by atoms with Crippen LogP contribution in [0.15, 0.2) is 41.7 Å². The SMILES string of the molecule is Cc1cnccc1NS(=O)(=O)c1ccnc(Cl)c1. The molecule has 2 aromatic heterocycles. The Balaban J connectivity index is 2.37. The lowest BCUT2D eigenvalue weighted by Crippen LogP contribution is -2.13. The zero-order valence-electron chi connectivity index (χ0n) is 9.46. The van der Waals surface area contributed by atoms with Crippen LogP contribution in [0.5, 0.6) is 0 Å². The molecule has 0 aromatic carbocycles. The lowest BCUT2D eigenvalue weighted by atomic mass is 10.3. The number of aryl methyl sites for hydroxylation is 1. The van der Waals surface area contributed by atoms with Gasteiger partial charge in [0, 0.05) is 18.6 Å². The van der Waals surface area contributed by atoms with Crippen molar-refractivity contribution < 1.29 is 8.42 Å². The van der Waals surface area contributed by atoms with Crippen molar-refractivity contribution in [2.75, 3.05) is 4.72 Å². The zero-order chi connectivity index (χ0) is 13.2. The number of sulfonamides is 1. The number of nitrogens with zero attached hydrogens (tertiary/aromatic N) is 2. The Hall–Kier alpha value is -1.66. The van der Waals surface area contributed by atoms with Crippen molar-refractivity contribution in [1.29, 1.82) is 0 Å². The summed E-state index contributed by atoms with van der Waals surface area (Å²) >= 11 is 5.67. The molecule has 5 nitrogen and oxygen atoms in total. The van der Waals surface area contributed by atoms with E-state index in [1.54, 1.807) is 19.2 Å². The monoisotopic (exact) mass is 283 g/mol. The van der Waals surface area contributed by atoms with Crippen molar-refractivity contribution in [3.8, 4) is 0 Å². The number of hydrogen-bond acceptors (Lipinski definition) is 4. The fourth-order valence-corrected chi connectivity index (χ4v) is 2.73. The quantitative estimate of drug-likeness (QED) is 0.877. The molecule has 2 heterocycles. The van der Waals surface area contributed by atoms with E-state index < -0.39 is 10.0 Å². The van der Waals surface area contributed by atoms with Gasteiger partial charge in [0.15, 0.2) is 0 Å². The van der Waals surface area contributed by atoms with Crippen LogP contribution in [0.1, 0.15) is 5.56 Å². The molecule has 18 heavy (non-hydrogen) atoms. The second kappa shape index (κ2) is 4.91. The van der Waals surface area contributed by atoms with Gasteiger partial charge in [0.25, 0.3) is 10.0 Å². The van der Waals surface area contributed by atoms with Gasteiger partial charge in [-0.2, -0.15) is 0 Å². The Labute approximate surface area is 110 Å². The van der Waals surface area contributed by atoms with E-state index in [4.69, 9.17) is 11.6 Å². The molecule has 94 valence electrons. The first-order valence-electron chi connectivity index (χ1n) is 5.04. The number of anilines is 1. The number of hydrogen-bond donors (Lipinski definition) is 1. The lowest BCUT2D eigenvalue weighted by molar-refractivity contribution is 0.601. The molecule has 7 heteroatoms. The molecule has 2 aromatic rings. The Morgan fingerprint density at radius 1 is 1.28 bits per heavy atom. The molecule has 0 aliphatic rings. The van der Waals surface area contributed by atoms with Crippen LogP contribution in [-0.4, -0.2) is 18.4 Å². The molecule has 0 aliphatic carbocycles. The number of nitrogens with one attached hydrogen (secondary N) is 1. The number of rotatable bonds is 3. The molecule has 0 radical (unpaired) electrons. The lowest BCUT2D eigenvalue weighted by Gasteiger charge is -2.09. The maximum Gasteiger partial charge on any atom is 0.262 e. The molecular weight excluding hydrogens is 274 g/mol. The topological polar surface area (TPSA) is 72.0 Å². The predicted octanol–water partition coefficient (Wildman–Crippen LogP) is 2.24. The predicted molar refractivity (Wildman–Crippen MR) is 69.0 cm³/mol. The normalized spacial score (nSPS) is 11.2. The first-order valence-corrected chi connectivity index (χ1v) is 6.90. The van der Waals surface area contributed by atoms with Crippen molar-refractivity contribution in [2.45, 2.75) is 11.8 Å². The van der Waals surface area contributed by atoms with Crippen LogP contribution < -0.4 is 4.72 Å². The average molecular weight is 284 g/mol. The van der Waals surface area contributed by atoms with E-state index in [1.165, 1.54) is 24.5 Å². The summed E-state index contributed by atoms with van der Waals surface area (Å²) in [5.41, 5.74) is 1.22. The van der Waals surface area contributed by atoms with E-state index in [9.17, 15) is 8.42 Å². The summed E-state index contributed by atoms with van der Waals surface area (Å²) in [6.45, 7) is 1.77. The van der Waals surface area contributed by atoms with Gasteiger partial charge in [0.05, 0.1) is 10.6 Å². The minimum absolute atomic E-state index is 0.0683. The molecule has 0 spiro atoms. The highest BCUT2D eigenvalue weighted by Gasteiger charge is 2.15. The molecule has 0 unspecified atom stereocenters. The average Bonchev–Trinajstić information content (AvgIpc) is 2.32. The Morgan fingerprint density at radius 2 is 2.06 bits per heavy atom. The minimum Gasteiger partial charge on any atom is -0.279 e. The third-order valence-electron chi connectivity index (χ3n) is 2.27. The van der Waals surface area contributed by atoms with Gasteiger partial charge in [-0.25, -0.2) is 13.4 Å². The molecule has 0 atom stereocenters. The van der Waals surface area contributed by atoms with Gasteiger partial charge in [-0.3, -0.25) is 9.71 Å². The van der Waals surface area contributed by atoms with Gasteiger partial charge in [0.1, 0.15) is 5.15 Å². The van der Waals surface area contributed by atoms with Gasteiger partial charge in [-0.15, -0.1) is 0 Å². The summed E-state index contributed by atoms with van der Waals surface area (Å²) in [6, 6.07) is 4.26. The van der Waals surface area contributed by atoms with Crippen LogP contribution in [0.2, 0.25) is 5.15 Å². The van der Waals surface area contributed by atoms with Gasteiger partial charge in [0.2, 0.25) is 0 Å². The third-order valence-corrected chi connectivity index (χ3v) is 3.84. The first kappa shape index (κ1) is 12.8. The summed E-state index contributed by atoms with van der Waals surface area (Å²) in [4.78, 5) is 7.71. The van der Waals surface area contributed by atoms with E-state index in [0.29, 0.717) is 5.69 Å².